The second-order valence-electron chi connectivity index (χ2n) is 4.66. The number of amides is 1. The number of carboxylic acid groups (broad SMARTS) is 1. The van der Waals surface area contributed by atoms with Crippen LogP contribution in [0, 0.1) is 5.82 Å². The lowest BCUT2D eigenvalue weighted by Crippen LogP contribution is -2.42. The molecule has 1 aliphatic heterocycles. The molecule has 4 N–H and O–H groups in total. The second-order valence-corrected chi connectivity index (χ2v) is 4.66. The number of hydrogen-bond donors (Lipinski definition) is 3. The fourth-order valence-corrected chi connectivity index (χ4v) is 2.49. The molecule has 1 saturated heterocycles. The van der Waals surface area contributed by atoms with Crippen LogP contribution < -0.4 is 16.0 Å². The number of aromatic carboxylic acids is 1. The number of halogens is 1. The van der Waals surface area contributed by atoms with Gasteiger partial charge in [-0.05, 0) is 18.9 Å². The summed E-state index contributed by atoms with van der Waals surface area (Å²) in [4.78, 5) is 24.4. The number of hydrogen-bond acceptors (Lipinski definition) is 4. The topological polar surface area (TPSA) is 95.7 Å². The van der Waals surface area contributed by atoms with Gasteiger partial charge in [0.2, 0.25) is 5.91 Å². The Kier molecular flexibility index (Phi) is 3.78. The minimum atomic E-state index is -1.37. The monoisotopic (exact) mass is 281 g/mol. The fourth-order valence-electron chi connectivity index (χ4n) is 2.49. The number of carbonyl (C=O) groups excluding carboxylic acids is 1. The molecule has 1 fully saturated rings. The van der Waals surface area contributed by atoms with Crippen molar-refractivity contribution in [2.75, 3.05) is 24.2 Å². The SMILES string of the molecule is CNC(=O)C1CCCN1c1cc(F)c(C(=O)O)cc1N. The summed E-state index contributed by atoms with van der Waals surface area (Å²) in [5.41, 5.74) is 5.85. The molecule has 20 heavy (non-hydrogen) atoms. The largest absolute Gasteiger partial charge is 0.478 e. The van der Waals surface area contributed by atoms with E-state index >= 15 is 0 Å². The lowest BCUT2D eigenvalue weighted by molar-refractivity contribution is -0.121. The summed E-state index contributed by atoms with van der Waals surface area (Å²) in [5, 5.41) is 11.4. The average molecular weight is 281 g/mol. The molecular weight excluding hydrogens is 265 g/mol. The van der Waals surface area contributed by atoms with Crippen LogP contribution in [0.4, 0.5) is 15.8 Å². The normalized spacial score (nSPS) is 18.1. The summed E-state index contributed by atoms with van der Waals surface area (Å²) in [5.74, 6) is -2.39. The molecule has 0 bridgehead atoms. The maximum atomic E-state index is 13.8. The molecule has 1 amide bonds. The van der Waals surface area contributed by atoms with Crippen molar-refractivity contribution in [2.24, 2.45) is 0 Å². The van der Waals surface area contributed by atoms with Crippen LogP contribution in [0.15, 0.2) is 12.1 Å². The number of nitrogens with two attached hydrogens (primary N) is 1. The number of nitrogens with zero attached hydrogens (tertiary/aromatic N) is 1. The Morgan fingerprint density at radius 3 is 2.80 bits per heavy atom. The summed E-state index contributed by atoms with van der Waals surface area (Å²) in [6.45, 7) is 0.578. The number of likely N-dealkylation sites (N-methyl/N-ethyl adjacent to an activating group) is 1. The van der Waals surface area contributed by atoms with Crippen molar-refractivity contribution in [1.82, 2.24) is 5.32 Å². The molecule has 1 unspecified atom stereocenters. The lowest BCUT2D eigenvalue weighted by atomic mass is 10.1. The third-order valence-corrected chi connectivity index (χ3v) is 3.46. The van der Waals surface area contributed by atoms with Gasteiger partial charge in [-0.2, -0.15) is 0 Å². The van der Waals surface area contributed by atoms with E-state index in [4.69, 9.17) is 10.8 Å². The fraction of sp³-hybridized carbons (Fsp3) is 0.385. The third-order valence-electron chi connectivity index (χ3n) is 3.46. The molecule has 0 radical (unpaired) electrons. The number of anilines is 2. The van der Waals surface area contributed by atoms with Crippen molar-refractivity contribution in [1.29, 1.82) is 0 Å². The Labute approximate surface area is 115 Å². The molecule has 0 aromatic heterocycles. The van der Waals surface area contributed by atoms with E-state index < -0.39 is 23.4 Å². The molecular formula is C13H16FN3O3. The maximum absolute atomic E-state index is 13.8. The maximum Gasteiger partial charge on any atom is 0.338 e. The Hall–Kier alpha value is -2.31. The first-order chi connectivity index (χ1) is 9.45. The van der Waals surface area contributed by atoms with Crippen molar-refractivity contribution >= 4 is 23.3 Å². The molecule has 1 aliphatic rings. The highest BCUT2D eigenvalue weighted by Gasteiger charge is 2.32. The number of carboxylic acids is 1. The number of nitrogen functional groups attached to an aromatic ring is 1. The van der Waals surface area contributed by atoms with Gasteiger partial charge in [0.15, 0.2) is 0 Å². The first kappa shape index (κ1) is 14.1. The van der Waals surface area contributed by atoms with E-state index in [0.29, 0.717) is 18.7 Å². The molecule has 2 rings (SSSR count). The van der Waals surface area contributed by atoms with Gasteiger partial charge in [-0.1, -0.05) is 0 Å². The molecule has 6 nitrogen and oxygen atoms in total. The third kappa shape index (κ3) is 2.38. The summed E-state index contributed by atoms with van der Waals surface area (Å²) in [6, 6.07) is 1.77. The number of nitrogens with one attached hydrogen (secondary N) is 1. The first-order valence-corrected chi connectivity index (χ1v) is 6.26. The first-order valence-electron chi connectivity index (χ1n) is 6.26. The van der Waals surface area contributed by atoms with E-state index in [-0.39, 0.29) is 11.6 Å². The molecule has 1 atom stereocenters. The van der Waals surface area contributed by atoms with Crippen LogP contribution in [0.25, 0.3) is 0 Å². The zero-order valence-electron chi connectivity index (χ0n) is 11.0. The van der Waals surface area contributed by atoms with E-state index in [1.165, 1.54) is 7.05 Å². The van der Waals surface area contributed by atoms with E-state index in [0.717, 1.165) is 18.6 Å². The molecule has 1 heterocycles. The highest BCUT2D eigenvalue weighted by atomic mass is 19.1. The quantitative estimate of drug-likeness (QED) is 0.713. The van der Waals surface area contributed by atoms with Gasteiger partial charge in [-0.15, -0.1) is 0 Å². The summed E-state index contributed by atoms with van der Waals surface area (Å²) in [6.07, 6.45) is 1.45. The van der Waals surface area contributed by atoms with E-state index in [2.05, 4.69) is 5.32 Å². The second kappa shape index (κ2) is 5.36. The Bertz CT molecular complexity index is 562. The van der Waals surface area contributed by atoms with Crippen molar-refractivity contribution in [3.05, 3.63) is 23.5 Å². The molecule has 1 aromatic carbocycles. The number of benzene rings is 1. The zero-order valence-corrected chi connectivity index (χ0v) is 11.0. The molecule has 1 aromatic rings. The minimum Gasteiger partial charge on any atom is -0.478 e. The highest BCUT2D eigenvalue weighted by molar-refractivity contribution is 5.92. The van der Waals surface area contributed by atoms with Crippen LogP contribution >= 0.6 is 0 Å². The number of carbonyl (C=O) groups is 2. The van der Waals surface area contributed by atoms with Gasteiger partial charge in [-0.25, -0.2) is 9.18 Å². The van der Waals surface area contributed by atoms with Crippen molar-refractivity contribution in [3.63, 3.8) is 0 Å². The summed E-state index contributed by atoms with van der Waals surface area (Å²) >= 11 is 0. The molecule has 7 heteroatoms. The molecule has 0 spiro atoms. The number of rotatable bonds is 3. The van der Waals surface area contributed by atoms with Gasteiger partial charge in [0, 0.05) is 19.7 Å². The smallest absolute Gasteiger partial charge is 0.338 e. The average Bonchev–Trinajstić information content (AvgIpc) is 2.88. The van der Waals surface area contributed by atoms with Crippen LogP contribution in [0.5, 0.6) is 0 Å². The van der Waals surface area contributed by atoms with Gasteiger partial charge < -0.3 is 21.1 Å². The van der Waals surface area contributed by atoms with Gasteiger partial charge in [0.05, 0.1) is 16.9 Å². The zero-order chi connectivity index (χ0) is 14.9. The molecule has 0 aliphatic carbocycles. The Balaban J connectivity index is 2.40. The Morgan fingerprint density at radius 2 is 2.20 bits per heavy atom. The van der Waals surface area contributed by atoms with Crippen LogP contribution in [0.2, 0.25) is 0 Å². The van der Waals surface area contributed by atoms with Crippen LogP contribution in [-0.4, -0.2) is 36.6 Å². The van der Waals surface area contributed by atoms with Crippen molar-refractivity contribution in [3.8, 4) is 0 Å². The predicted octanol–water partition coefficient (Wildman–Crippen LogP) is 0.821. The van der Waals surface area contributed by atoms with E-state index in [1.54, 1.807) is 4.90 Å². The predicted molar refractivity (Wildman–Crippen MR) is 72.2 cm³/mol. The van der Waals surface area contributed by atoms with Crippen LogP contribution in [-0.2, 0) is 4.79 Å². The van der Waals surface area contributed by atoms with Crippen LogP contribution in [0.3, 0.4) is 0 Å². The van der Waals surface area contributed by atoms with Crippen LogP contribution in [0.1, 0.15) is 23.2 Å². The standard InChI is InChI=1S/C13H16FN3O3/c1-16-12(18)10-3-2-4-17(10)11-6-8(14)7(13(19)20)5-9(11)15/h5-6,10H,2-4,15H2,1H3,(H,16,18)(H,19,20). The van der Waals surface area contributed by atoms with Gasteiger partial charge in [-0.3, -0.25) is 4.79 Å². The van der Waals surface area contributed by atoms with Crippen molar-refractivity contribution < 1.29 is 19.1 Å². The lowest BCUT2D eigenvalue weighted by Gasteiger charge is -2.27. The molecule has 108 valence electrons. The van der Waals surface area contributed by atoms with Gasteiger partial charge >= 0.3 is 5.97 Å². The summed E-state index contributed by atoms with van der Waals surface area (Å²) < 4.78 is 13.8. The van der Waals surface area contributed by atoms with E-state index in [9.17, 15) is 14.0 Å². The van der Waals surface area contributed by atoms with Gasteiger partial charge in [0.1, 0.15) is 11.9 Å². The van der Waals surface area contributed by atoms with Crippen molar-refractivity contribution in [2.45, 2.75) is 18.9 Å². The van der Waals surface area contributed by atoms with Gasteiger partial charge in [0.25, 0.3) is 0 Å². The summed E-state index contributed by atoms with van der Waals surface area (Å²) in [7, 11) is 1.54. The molecule has 0 saturated carbocycles. The Morgan fingerprint density at radius 1 is 1.50 bits per heavy atom. The highest BCUT2D eigenvalue weighted by Crippen LogP contribution is 2.32. The minimum absolute atomic E-state index is 0.152. The van der Waals surface area contributed by atoms with E-state index in [1.807, 2.05) is 0 Å².